The number of likely N-dealkylation sites (tertiary alicyclic amines) is 1. The number of nitrogens with one attached hydrogen (secondary N) is 1. The van der Waals surface area contributed by atoms with Crippen molar-refractivity contribution in [1.29, 1.82) is 0 Å². The van der Waals surface area contributed by atoms with E-state index < -0.39 is 27.6 Å². The van der Waals surface area contributed by atoms with Crippen LogP contribution in [0.1, 0.15) is 70.7 Å². The van der Waals surface area contributed by atoms with E-state index in [1.807, 2.05) is 6.92 Å². The van der Waals surface area contributed by atoms with Crippen molar-refractivity contribution in [2.45, 2.75) is 82.9 Å². The maximum Gasteiger partial charge on any atom is 0.338 e. The molecule has 1 aliphatic heterocycles. The number of piperidine rings is 1. The van der Waals surface area contributed by atoms with Gasteiger partial charge in [0, 0.05) is 18.1 Å². The lowest BCUT2D eigenvalue weighted by molar-refractivity contribution is -0.143. The van der Waals surface area contributed by atoms with Crippen LogP contribution in [0, 0.1) is 0 Å². The Hall–Kier alpha value is -1.64. The zero-order valence-corrected chi connectivity index (χ0v) is 19.8. The number of benzene rings is 1. The maximum atomic E-state index is 12.8. The number of rotatable bonds is 6. The van der Waals surface area contributed by atoms with E-state index in [9.17, 15) is 18.0 Å². The summed E-state index contributed by atoms with van der Waals surface area (Å²) < 4.78 is 33.2. The Morgan fingerprint density at radius 2 is 1.97 bits per heavy atom. The number of carbonyl (C=O) groups is 2. The van der Waals surface area contributed by atoms with Crippen molar-refractivity contribution in [3.05, 3.63) is 28.8 Å². The topological polar surface area (TPSA) is 92.8 Å². The molecule has 168 valence electrons. The quantitative estimate of drug-likeness (QED) is 0.655. The lowest BCUT2D eigenvalue weighted by Gasteiger charge is -2.36. The lowest BCUT2D eigenvalue weighted by atomic mass is 9.99. The van der Waals surface area contributed by atoms with Crippen molar-refractivity contribution in [3.8, 4) is 0 Å². The van der Waals surface area contributed by atoms with Crippen LogP contribution < -0.4 is 4.72 Å². The zero-order valence-electron chi connectivity index (χ0n) is 18.2. The van der Waals surface area contributed by atoms with Gasteiger partial charge in [-0.25, -0.2) is 17.9 Å². The average molecular weight is 459 g/mol. The molecule has 2 unspecified atom stereocenters. The first-order valence-electron chi connectivity index (χ1n) is 10.2. The van der Waals surface area contributed by atoms with E-state index >= 15 is 0 Å². The number of nitrogens with zero attached hydrogens (tertiary/aromatic N) is 1. The molecular formula is C21H31ClN2O5S. The molecule has 1 aromatic rings. The fraction of sp³-hybridized carbons (Fsp3) is 0.619. The van der Waals surface area contributed by atoms with Crippen LogP contribution in [0.4, 0.5) is 0 Å². The highest BCUT2D eigenvalue weighted by Gasteiger charge is 2.31. The number of ether oxygens (including phenoxy) is 1. The molecule has 1 amide bonds. The SMILES string of the molecule is CCC1CCCCN1C(=O)C(C)OC(=O)c1ccc(Cl)c(S(=O)(=O)NC(C)(C)C)c1. The lowest BCUT2D eigenvalue weighted by Crippen LogP contribution is -2.48. The summed E-state index contributed by atoms with van der Waals surface area (Å²) in [6.45, 7) is 9.33. The first-order chi connectivity index (χ1) is 13.9. The summed E-state index contributed by atoms with van der Waals surface area (Å²) >= 11 is 6.07. The molecule has 0 aliphatic carbocycles. The fourth-order valence-electron chi connectivity index (χ4n) is 3.52. The van der Waals surface area contributed by atoms with Crippen LogP contribution >= 0.6 is 11.6 Å². The Kier molecular flexibility index (Phi) is 7.93. The number of esters is 1. The van der Waals surface area contributed by atoms with E-state index in [1.165, 1.54) is 25.1 Å². The van der Waals surface area contributed by atoms with Gasteiger partial charge in [0.15, 0.2) is 6.10 Å². The van der Waals surface area contributed by atoms with E-state index in [2.05, 4.69) is 4.72 Å². The van der Waals surface area contributed by atoms with Gasteiger partial charge in [0.05, 0.1) is 10.6 Å². The standard InChI is InChI=1S/C21H31ClN2O5S/c1-6-16-9-7-8-12-24(16)19(25)14(2)29-20(26)15-10-11-17(22)18(13-15)30(27,28)23-21(3,4)5/h10-11,13-14,16,23H,6-9,12H2,1-5H3. The van der Waals surface area contributed by atoms with Gasteiger partial charge in [-0.15, -0.1) is 0 Å². The Balaban J connectivity index is 2.18. The second-order valence-corrected chi connectivity index (χ2v) is 10.7. The molecule has 1 aromatic carbocycles. The van der Waals surface area contributed by atoms with Crippen molar-refractivity contribution < 1.29 is 22.7 Å². The van der Waals surface area contributed by atoms with Crippen LogP contribution in [0.2, 0.25) is 5.02 Å². The van der Waals surface area contributed by atoms with Crippen LogP contribution in [0.15, 0.2) is 23.1 Å². The van der Waals surface area contributed by atoms with E-state index in [0.29, 0.717) is 6.54 Å². The minimum Gasteiger partial charge on any atom is -0.449 e. The van der Waals surface area contributed by atoms with Crippen LogP contribution in [-0.2, 0) is 19.6 Å². The average Bonchev–Trinajstić information content (AvgIpc) is 2.65. The van der Waals surface area contributed by atoms with Crippen LogP contribution in [0.3, 0.4) is 0 Å². The maximum absolute atomic E-state index is 12.8. The summed E-state index contributed by atoms with van der Waals surface area (Å²) in [4.78, 5) is 27.0. The Morgan fingerprint density at radius 3 is 2.57 bits per heavy atom. The Labute approximate surface area is 184 Å². The summed E-state index contributed by atoms with van der Waals surface area (Å²) in [5.74, 6) is -1.00. The Bertz CT molecular complexity index is 895. The third kappa shape index (κ3) is 6.18. The number of hydrogen-bond acceptors (Lipinski definition) is 5. The van der Waals surface area contributed by atoms with Crippen LogP contribution in [-0.4, -0.2) is 49.4 Å². The highest BCUT2D eigenvalue weighted by molar-refractivity contribution is 7.89. The number of amides is 1. The molecule has 1 saturated heterocycles. The zero-order chi connectivity index (χ0) is 22.7. The molecule has 0 bridgehead atoms. The summed E-state index contributed by atoms with van der Waals surface area (Å²) in [5, 5.41) is -0.00784. The minimum absolute atomic E-state index is 0.00784. The smallest absolute Gasteiger partial charge is 0.338 e. The predicted octanol–water partition coefficient (Wildman–Crippen LogP) is 3.75. The van der Waals surface area contributed by atoms with Gasteiger partial charge in [0.1, 0.15) is 4.90 Å². The minimum atomic E-state index is -3.94. The van der Waals surface area contributed by atoms with Gasteiger partial charge < -0.3 is 9.64 Å². The molecule has 9 heteroatoms. The number of carbonyl (C=O) groups excluding carboxylic acids is 2. The third-order valence-electron chi connectivity index (χ3n) is 4.91. The van der Waals surface area contributed by atoms with Gasteiger partial charge in [-0.1, -0.05) is 18.5 Å². The molecule has 0 radical (unpaired) electrons. The first kappa shape index (κ1) is 24.6. The van der Waals surface area contributed by atoms with Crippen molar-refractivity contribution in [2.75, 3.05) is 6.54 Å². The number of halogens is 1. The molecule has 7 nitrogen and oxygen atoms in total. The molecule has 1 N–H and O–H groups in total. The summed E-state index contributed by atoms with van der Waals surface area (Å²) in [6.07, 6.45) is 2.85. The van der Waals surface area contributed by atoms with Crippen molar-refractivity contribution >= 4 is 33.5 Å². The monoisotopic (exact) mass is 458 g/mol. The molecule has 1 aliphatic rings. The van der Waals surface area contributed by atoms with Gasteiger partial charge >= 0.3 is 5.97 Å². The molecule has 0 aromatic heterocycles. The second kappa shape index (κ2) is 9.66. The summed E-state index contributed by atoms with van der Waals surface area (Å²) in [5.41, 5.74) is -0.705. The predicted molar refractivity (Wildman–Crippen MR) is 116 cm³/mol. The van der Waals surface area contributed by atoms with E-state index in [4.69, 9.17) is 16.3 Å². The molecule has 0 saturated carbocycles. The van der Waals surface area contributed by atoms with Crippen molar-refractivity contribution in [3.63, 3.8) is 0 Å². The van der Waals surface area contributed by atoms with E-state index in [-0.39, 0.29) is 27.4 Å². The number of sulfonamides is 1. The molecule has 2 rings (SSSR count). The second-order valence-electron chi connectivity index (χ2n) is 8.64. The van der Waals surface area contributed by atoms with Gasteiger partial charge in [-0.2, -0.15) is 0 Å². The molecule has 1 fully saturated rings. The molecule has 30 heavy (non-hydrogen) atoms. The molecule has 2 atom stereocenters. The fourth-order valence-corrected chi connectivity index (χ4v) is 5.47. The third-order valence-corrected chi connectivity index (χ3v) is 7.15. The normalized spacial score (nSPS) is 18.7. The highest BCUT2D eigenvalue weighted by atomic mass is 35.5. The van der Waals surface area contributed by atoms with Crippen LogP contribution in [0.25, 0.3) is 0 Å². The van der Waals surface area contributed by atoms with Gasteiger partial charge in [0.25, 0.3) is 5.91 Å². The molecule has 0 spiro atoms. The summed E-state index contributed by atoms with van der Waals surface area (Å²) in [6, 6.07) is 4.04. The van der Waals surface area contributed by atoms with Gasteiger partial charge in [0.2, 0.25) is 10.0 Å². The largest absolute Gasteiger partial charge is 0.449 e. The van der Waals surface area contributed by atoms with E-state index in [1.54, 1.807) is 25.7 Å². The first-order valence-corrected chi connectivity index (χ1v) is 12.1. The number of hydrogen-bond donors (Lipinski definition) is 1. The molecule has 1 heterocycles. The van der Waals surface area contributed by atoms with Gasteiger partial charge in [-0.3, -0.25) is 4.79 Å². The van der Waals surface area contributed by atoms with Crippen LogP contribution in [0.5, 0.6) is 0 Å². The summed E-state index contributed by atoms with van der Waals surface area (Å²) in [7, 11) is -3.94. The Morgan fingerprint density at radius 1 is 1.30 bits per heavy atom. The van der Waals surface area contributed by atoms with Crippen molar-refractivity contribution in [2.24, 2.45) is 0 Å². The molecular weight excluding hydrogens is 428 g/mol. The van der Waals surface area contributed by atoms with Gasteiger partial charge in [-0.05, 0) is 71.6 Å². The van der Waals surface area contributed by atoms with Crippen molar-refractivity contribution in [1.82, 2.24) is 9.62 Å². The highest BCUT2D eigenvalue weighted by Crippen LogP contribution is 2.25. The van der Waals surface area contributed by atoms with E-state index in [0.717, 1.165) is 25.7 Å².